The largest absolute Gasteiger partial charge is 0.508 e. The Kier molecular flexibility index (Phi) is 2.96. The molecule has 0 fully saturated rings. The van der Waals surface area contributed by atoms with Crippen LogP contribution in [0.1, 0.15) is 0 Å². The monoisotopic (exact) mass is 194 g/mol. The van der Waals surface area contributed by atoms with Gasteiger partial charge in [-0.25, -0.2) is 4.79 Å². The molecule has 2 amide bonds. The van der Waals surface area contributed by atoms with Crippen LogP contribution in [0.5, 0.6) is 5.75 Å². The van der Waals surface area contributed by atoms with E-state index in [1.165, 1.54) is 9.80 Å². The molecule has 0 aliphatic heterocycles. The summed E-state index contributed by atoms with van der Waals surface area (Å²) < 4.78 is 0. The Morgan fingerprint density at radius 3 is 2.07 bits per heavy atom. The van der Waals surface area contributed by atoms with Crippen molar-refractivity contribution in [2.24, 2.45) is 0 Å². The van der Waals surface area contributed by atoms with Crippen molar-refractivity contribution < 1.29 is 9.90 Å². The summed E-state index contributed by atoms with van der Waals surface area (Å²) in [6.07, 6.45) is 0. The molecule has 0 heterocycles. The number of hydrogen-bond donors (Lipinski definition) is 1. The number of benzene rings is 1. The van der Waals surface area contributed by atoms with Crippen molar-refractivity contribution in [2.45, 2.75) is 0 Å². The fourth-order valence-corrected chi connectivity index (χ4v) is 1.09. The first-order valence-corrected chi connectivity index (χ1v) is 4.26. The van der Waals surface area contributed by atoms with Crippen molar-refractivity contribution in [3.63, 3.8) is 0 Å². The zero-order valence-corrected chi connectivity index (χ0v) is 8.56. The van der Waals surface area contributed by atoms with Gasteiger partial charge in [-0.2, -0.15) is 0 Å². The first-order chi connectivity index (χ1) is 6.52. The van der Waals surface area contributed by atoms with E-state index in [2.05, 4.69) is 0 Å². The van der Waals surface area contributed by atoms with Gasteiger partial charge in [-0.1, -0.05) is 0 Å². The standard InChI is InChI=1S/C10H14N2O2/c1-11(2)10(14)12(3)8-4-6-9(13)7-5-8/h4-7,13H,1-3H3. The van der Waals surface area contributed by atoms with Gasteiger partial charge in [0.2, 0.25) is 0 Å². The molecule has 0 saturated carbocycles. The van der Waals surface area contributed by atoms with Gasteiger partial charge in [-0.15, -0.1) is 0 Å². The van der Waals surface area contributed by atoms with Crippen LogP contribution in [-0.2, 0) is 0 Å². The highest BCUT2D eigenvalue weighted by molar-refractivity contribution is 5.91. The van der Waals surface area contributed by atoms with E-state index in [1.54, 1.807) is 45.4 Å². The van der Waals surface area contributed by atoms with E-state index in [0.717, 1.165) is 5.69 Å². The zero-order chi connectivity index (χ0) is 10.7. The van der Waals surface area contributed by atoms with E-state index < -0.39 is 0 Å². The second-order valence-electron chi connectivity index (χ2n) is 3.25. The molecule has 0 unspecified atom stereocenters. The number of hydrogen-bond acceptors (Lipinski definition) is 2. The quantitative estimate of drug-likeness (QED) is 0.736. The predicted molar refractivity (Wildman–Crippen MR) is 55.6 cm³/mol. The number of urea groups is 1. The van der Waals surface area contributed by atoms with E-state index in [4.69, 9.17) is 5.11 Å². The number of phenolic OH excluding ortho intramolecular Hbond substituents is 1. The van der Waals surface area contributed by atoms with Crippen molar-refractivity contribution in [2.75, 3.05) is 26.0 Å². The van der Waals surface area contributed by atoms with Crippen LogP contribution in [0.25, 0.3) is 0 Å². The van der Waals surface area contributed by atoms with Crippen molar-refractivity contribution in [3.8, 4) is 5.75 Å². The maximum atomic E-state index is 11.5. The van der Waals surface area contributed by atoms with Crippen LogP contribution in [0, 0.1) is 0 Å². The van der Waals surface area contributed by atoms with Gasteiger partial charge in [0.15, 0.2) is 0 Å². The van der Waals surface area contributed by atoms with Gasteiger partial charge in [-0.05, 0) is 24.3 Å². The van der Waals surface area contributed by atoms with Crippen molar-refractivity contribution >= 4 is 11.7 Å². The summed E-state index contributed by atoms with van der Waals surface area (Å²) in [5.41, 5.74) is 0.751. The number of carbonyl (C=O) groups is 1. The molecule has 76 valence electrons. The minimum Gasteiger partial charge on any atom is -0.508 e. The second kappa shape index (κ2) is 4.00. The summed E-state index contributed by atoms with van der Waals surface area (Å²) in [4.78, 5) is 14.5. The number of nitrogens with zero attached hydrogens (tertiary/aromatic N) is 2. The normalized spacial score (nSPS) is 9.64. The number of anilines is 1. The van der Waals surface area contributed by atoms with Gasteiger partial charge in [0, 0.05) is 26.8 Å². The Morgan fingerprint density at radius 2 is 1.64 bits per heavy atom. The Labute approximate surface area is 83.4 Å². The molecule has 1 N–H and O–H groups in total. The smallest absolute Gasteiger partial charge is 0.323 e. The number of amides is 2. The predicted octanol–water partition coefficient (Wildman–Crippen LogP) is 1.51. The average Bonchev–Trinajstić information content (AvgIpc) is 2.16. The third-order valence-electron chi connectivity index (χ3n) is 1.91. The Morgan fingerprint density at radius 1 is 1.14 bits per heavy atom. The lowest BCUT2D eigenvalue weighted by Gasteiger charge is -2.21. The van der Waals surface area contributed by atoms with Crippen LogP contribution in [0.15, 0.2) is 24.3 Å². The highest BCUT2D eigenvalue weighted by Crippen LogP contribution is 2.17. The fourth-order valence-electron chi connectivity index (χ4n) is 1.09. The van der Waals surface area contributed by atoms with Crippen molar-refractivity contribution in [1.29, 1.82) is 0 Å². The fraction of sp³-hybridized carbons (Fsp3) is 0.300. The maximum Gasteiger partial charge on any atom is 0.323 e. The summed E-state index contributed by atoms with van der Waals surface area (Å²) >= 11 is 0. The van der Waals surface area contributed by atoms with Gasteiger partial charge in [0.05, 0.1) is 0 Å². The van der Waals surface area contributed by atoms with Gasteiger partial charge < -0.3 is 10.0 Å². The topological polar surface area (TPSA) is 43.8 Å². The van der Waals surface area contributed by atoms with E-state index in [9.17, 15) is 4.79 Å². The molecule has 1 rings (SSSR count). The van der Waals surface area contributed by atoms with Crippen LogP contribution in [0.2, 0.25) is 0 Å². The van der Waals surface area contributed by atoms with Crippen LogP contribution >= 0.6 is 0 Å². The molecule has 14 heavy (non-hydrogen) atoms. The van der Waals surface area contributed by atoms with E-state index in [-0.39, 0.29) is 11.8 Å². The molecule has 4 heteroatoms. The SMILES string of the molecule is CN(C)C(=O)N(C)c1ccc(O)cc1. The number of phenols is 1. The summed E-state index contributed by atoms with van der Waals surface area (Å²) in [5, 5.41) is 9.07. The minimum absolute atomic E-state index is 0.101. The molecule has 0 aromatic heterocycles. The van der Waals surface area contributed by atoms with Gasteiger partial charge in [-0.3, -0.25) is 4.90 Å². The minimum atomic E-state index is -0.101. The van der Waals surface area contributed by atoms with E-state index in [1.807, 2.05) is 0 Å². The van der Waals surface area contributed by atoms with Crippen LogP contribution < -0.4 is 4.90 Å². The average molecular weight is 194 g/mol. The second-order valence-corrected chi connectivity index (χ2v) is 3.25. The molecule has 0 radical (unpaired) electrons. The zero-order valence-electron chi connectivity index (χ0n) is 8.56. The van der Waals surface area contributed by atoms with Crippen LogP contribution in [0.3, 0.4) is 0 Å². The van der Waals surface area contributed by atoms with E-state index >= 15 is 0 Å². The van der Waals surface area contributed by atoms with Crippen LogP contribution in [0.4, 0.5) is 10.5 Å². The first-order valence-electron chi connectivity index (χ1n) is 4.26. The van der Waals surface area contributed by atoms with Gasteiger partial charge in [0.25, 0.3) is 0 Å². The molecule has 1 aromatic rings. The summed E-state index contributed by atoms with van der Waals surface area (Å²) in [6, 6.07) is 6.38. The Bertz CT molecular complexity index is 319. The van der Waals surface area contributed by atoms with Gasteiger partial charge in [0.1, 0.15) is 5.75 Å². The molecule has 4 nitrogen and oxygen atoms in total. The van der Waals surface area contributed by atoms with E-state index in [0.29, 0.717) is 0 Å². The Balaban J connectivity index is 2.84. The third-order valence-corrected chi connectivity index (χ3v) is 1.91. The third kappa shape index (κ3) is 2.16. The molecule has 0 atom stereocenters. The molecule has 0 aliphatic rings. The van der Waals surface area contributed by atoms with Crippen LogP contribution in [-0.4, -0.2) is 37.2 Å². The molecule has 0 bridgehead atoms. The molecule has 0 saturated heterocycles. The lowest BCUT2D eigenvalue weighted by atomic mass is 10.3. The van der Waals surface area contributed by atoms with Crippen molar-refractivity contribution in [3.05, 3.63) is 24.3 Å². The summed E-state index contributed by atoms with van der Waals surface area (Å²) in [6.45, 7) is 0. The molecular formula is C10H14N2O2. The lowest BCUT2D eigenvalue weighted by Crippen LogP contribution is -2.36. The highest BCUT2D eigenvalue weighted by Gasteiger charge is 2.11. The highest BCUT2D eigenvalue weighted by atomic mass is 16.3. The number of rotatable bonds is 1. The molecule has 1 aromatic carbocycles. The summed E-state index contributed by atoms with van der Waals surface area (Å²) in [5.74, 6) is 0.194. The lowest BCUT2D eigenvalue weighted by molar-refractivity contribution is 0.225. The maximum absolute atomic E-state index is 11.5. The number of aromatic hydroxyl groups is 1. The molecule has 0 aliphatic carbocycles. The van der Waals surface area contributed by atoms with Gasteiger partial charge >= 0.3 is 6.03 Å². The Hall–Kier alpha value is -1.71. The number of carbonyl (C=O) groups excluding carboxylic acids is 1. The van der Waals surface area contributed by atoms with Crippen molar-refractivity contribution in [1.82, 2.24) is 4.90 Å². The molecular weight excluding hydrogens is 180 g/mol. The molecule has 0 spiro atoms. The first kappa shape index (κ1) is 10.4. The summed E-state index contributed by atoms with van der Waals surface area (Å²) in [7, 11) is 5.08.